The Balaban J connectivity index is 1.69. The number of nitrogens with one attached hydrogen (secondary N) is 2. The van der Waals surface area contributed by atoms with E-state index in [1.807, 2.05) is 0 Å². The molecule has 3 heteroatoms. The SMILES string of the molecule is Cc1ccc(CC2=NC3CNCC3N2)cc1. The molecule has 3 rings (SSSR count). The van der Waals surface area contributed by atoms with E-state index in [1.54, 1.807) is 0 Å². The van der Waals surface area contributed by atoms with Crippen molar-refractivity contribution in [2.75, 3.05) is 13.1 Å². The molecule has 0 spiro atoms. The van der Waals surface area contributed by atoms with E-state index < -0.39 is 0 Å². The highest BCUT2D eigenvalue weighted by Gasteiger charge is 2.32. The van der Waals surface area contributed by atoms with E-state index in [0.717, 1.165) is 25.3 Å². The molecule has 1 aromatic carbocycles. The predicted molar refractivity (Wildman–Crippen MR) is 65.9 cm³/mol. The van der Waals surface area contributed by atoms with Crippen LogP contribution in [0.2, 0.25) is 0 Å². The third-order valence-electron chi connectivity index (χ3n) is 3.35. The normalized spacial score (nSPS) is 27.4. The van der Waals surface area contributed by atoms with E-state index in [2.05, 4.69) is 41.8 Å². The Bertz CT molecular complexity index is 408. The summed E-state index contributed by atoms with van der Waals surface area (Å²) in [5, 5.41) is 6.85. The molecule has 84 valence electrons. The topological polar surface area (TPSA) is 36.4 Å². The highest BCUT2D eigenvalue weighted by atomic mass is 15.2. The van der Waals surface area contributed by atoms with Crippen LogP contribution in [0.15, 0.2) is 29.3 Å². The molecule has 0 aromatic heterocycles. The van der Waals surface area contributed by atoms with Gasteiger partial charge in [0.25, 0.3) is 0 Å². The zero-order valence-electron chi connectivity index (χ0n) is 9.53. The third-order valence-corrected chi connectivity index (χ3v) is 3.35. The molecule has 2 aliphatic heterocycles. The fourth-order valence-electron chi connectivity index (χ4n) is 2.40. The first-order valence-corrected chi connectivity index (χ1v) is 5.91. The Labute approximate surface area is 96.0 Å². The molecule has 2 atom stereocenters. The van der Waals surface area contributed by atoms with Crippen LogP contribution < -0.4 is 10.6 Å². The molecular weight excluding hydrogens is 198 g/mol. The number of hydrogen-bond acceptors (Lipinski definition) is 3. The first kappa shape index (κ1) is 9.85. The van der Waals surface area contributed by atoms with E-state index in [4.69, 9.17) is 4.99 Å². The van der Waals surface area contributed by atoms with Gasteiger partial charge in [-0.3, -0.25) is 4.99 Å². The summed E-state index contributed by atoms with van der Waals surface area (Å²) in [6.45, 7) is 4.19. The molecule has 1 saturated heterocycles. The number of rotatable bonds is 2. The average Bonchev–Trinajstić information content (AvgIpc) is 2.81. The molecule has 2 unspecified atom stereocenters. The largest absolute Gasteiger partial charge is 0.367 e. The Morgan fingerprint density at radius 3 is 2.81 bits per heavy atom. The van der Waals surface area contributed by atoms with Crippen molar-refractivity contribution in [3.63, 3.8) is 0 Å². The lowest BCUT2D eigenvalue weighted by Crippen LogP contribution is -2.35. The molecule has 0 radical (unpaired) electrons. The highest BCUT2D eigenvalue weighted by Crippen LogP contribution is 2.13. The second-order valence-electron chi connectivity index (χ2n) is 4.71. The standard InChI is InChI=1S/C13H17N3/c1-9-2-4-10(5-3-9)6-13-15-11-7-14-8-12(11)16-13/h2-5,11-12,14H,6-8H2,1H3,(H,15,16). The smallest absolute Gasteiger partial charge is 0.102 e. The quantitative estimate of drug-likeness (QED) is 0.768. The van der Waals surface area contributed by atoms with Crippen LogP contribution in [-0.4, -0.2) is 31.0 Å². The summed E-state index contributed by atoms with van der Waals surface area (Å²) in [7, 11) is 0. The minimum atomic E-state index is 0.459. The number of benzene rings is 1. The van der Waals surface area contributed by atoms with Crippen molar-refractivity contribution in [3.8, 4) is 0 Å². The Morgan fingerprint density at radius 2 is 2.06 bits per heavy atom. The Morgan fingerprint density at radius 1 is 1.25 bits per heavy atom. The minimum absolute atomic E-state index is 0.459. The van der Waals surface area contributed by atoms with Gasteiger partial charge in [0.15, 0.2) is 0 Å². The predicted octanol–water partition coefficient (Wildman–Crippen LogP) is 0.880. The van der Waals surface area contributed by atoms with Gasteiger partial charge in [-0.05, 0) is 12.5 Å². The molecule has 2 N–H and O–H groups in total. The second-order valence-corrected chi connectivity index (χ2v) is 4.71. The lowest BCUT2D eigenvalue weighted by molar-refractivity contribution is 0.636. The highest BCUT2D eigenvalue weighted by molar-refractivity contribution is 5.86. The van der Waals surface area contributed by atoms with Crippen molar-refractivity contribution in [1.29, 1.82) is 0 Å². The van der Waals surface area contributed by atoms with Gasteiger partial charge in [0.1, 0.15) is 5.84 Å². The Hall–Kier alpha value is -1.35. The molecule has 2 heterocycles. The van der Waals surface area contributed by atoms with Crippen LogP contribution in [-0.2, 0) is 6.42 Å². The molecule has 2 aliphatic rings. The average molecular weight is 215 g/mol. The summed E-state index contributed by atoms with van der Waals surface area (Å²) < 4.78 is 0. The molecule has 3 nitrogen and oxygen atoms in total. The summed E-state index contributed by atoms with van der Waals surface area (Å²) in [6, 6.07) is 9.68. The van der Waals surface area contributed by atoms with Gasteiger partial charge in [0.05, 0.1) is 12.1 Å². The number of hydrogen-bond donors (Lipinski definition) is 2. The van der Waals surface area contributed by atoms with Gasteiger partial charge in [0.2, 0.25) is 0 Å². The van der Waals surface area contributed by atoms with Crippen LogP contribution in [0.4, 0.5) is 0 Å². The molecule has 0 saturated carbocycles. The lowest BCUT2D eigenvalue weighted by Gasteiger charge is -2.08. The second kappa shape index (κ2) is 3.91. The minimum Gasteiger partial charge on any atom is -0.367 e. The van der Waals surface area contributed by atoms with Gasteiger partial charge in [-0.2, -0.15) is 0 Å². The van der Waals surface area contributed by atoms with Gasteiger partial charge >= 0.3 is 0 Å². The first-order valence-electron chi connectivity index (χ1n) is 5.91. The zero-order chi connectivity index (χ0) is 11.0. The van der Waals surface area contributed by atoms with Crippen molar-refractivity contribution in [3.05, 3.63) is 35.4 Å². The van der Waals surface area contributed by atoms with Crippen LogP contribution in [0, 0.1) is 6.92 Å². The van der Waals surface area contributed by atoms with Gasteiger partial charge in [0, 0.05) is 19.5 Å². The number of fused-ring (bicyclic) bond motifs is 1. The fourth-order valence-corrected chi connectivity index (χ4v) is 2.40. The van der Waals surface area contributed by atoms with Gasteiger partial charge in [-0.1, -0.05) is 29.8 Å². The summed E-state index contributed by atoms with van der Waals surface area (Å²) >= 11 is 0. The molecule has 1 aromatic rings. The first-order chi connectivity index (χ1) is 7.81. The summed E-state index contributed by atoms with van der Waals surface area (Å²) in [5.41, 5.74) is 2.65. The summed E-state index contributed by atoms with van der Waals surface area (Å²) in [6.07, 6.45) is 0.938. The number of aliphatic imine (C=N–C) groups is 1. The molecule has 0 amide bonds. The molecule has 1 fully saturated rings. The van der Waals surface area contributed by atoms with Crippen LogP contribution in [0.25, 0.3) is 0 Å². The molecular formula is C13H17N3. The maximum atomic E-state index is 4.71. The number of nitrogens with zero attached hydrogens (tertiary/aromatic N) is 1. The number of aryl methyl sites for hydroxylation is 1. The van der Waals surface area contributed by atoms with E-state index in [1.165, 1.54) is 11.1 Å². The van der Waals surface area contributed by atoms with Crippen molar-refractivity contribution >= 4 is 5.84 Å². The van der Waals surface area contributed by atoms with E-state index >= 15 is 0 Å². The monoisotopic (exact) mass is 215 g/mol. The van der Waals surface area contributed by atoms with Gasteiger partial charge < -0.3 is 10.6 Å². The van der Waals surface area contributed by atoms with Crippen molar-refractivity contribution in [1.82, 2.24) is 10.6 Å². The number of amidine groups is 1. The van der Waals surface area contributed by atoms with E-state index in [0.29, 0.717) is 12.1 Å². The maximum absolute atomic E-state index is 4.71. The van der Waals surface area contributed by atoms with Crippen LogP contribution in [0.3, 0.4) is 0 Å². The van der Waals surface area contributed by atoms with Gasteiger partial charge in [-0.15, -0.1) is 0 Å². The van der Waals surface area contributed by atoms with Crippen molar-refractivity contribution in [2.24, 2.45) is 4.99 Å². The van der Waals surface area contributed by atoms with Crippen LogP contribution in [0.5, 0.6) is 0 Å². The molecule has 0 aliphatic carbocycles. The van der Waals surface area contributed by atoms with Gasteiger partial charge in [-0.25, -0.2) is 0 Å². The fraction of sp³-hybridized carbons (Fsp3) is 0.462. The van der Waals surface area contributed by atoms with Crippen molar-refractivity contribution in [2.45, 2.75) is 25.4 Å². The van der Waals surface area contributed by atoms with E-state index in [-0.39, 0.29) is 0 Å². The Kier molecular flexibility index (Phi) is 2.40. The van der Waals surface area contributed by atoms with Crippen LogP contribution in [0.1, 0.15) is 11.1 Å². The molecule has 16 heavy (non-hydrogen) atoms. The van der Waals surface area contributed by atoms with Crippen LogP contribution >= 0.6 is 0 Å². The third kappa shape index (κ3) is 1.83. The molecule has 0 bridgehead atoms. The van der Waals surface area contributed by atoms with E-state index in [9.17, 15) is 0 Å². The summed E-state index contributed by atoms with van der Waals surface area (Å²) in [4.78, 5) is 4.71. The zero-order valence-corrected chi connectivity index (χ0v) is 9.53. The lowest BCUT2D eigenvalue weighted by atomic mass is 10.1. The maximum Gasteiger partial charge on any atom is 0.102 e. The van der Waals surface area contributed by atoms with Crippen molar-refractivity contribution < 1.29 is 0 Å². The summed E-state index contributed by atoms with van der Waals surface area (Å²) in [5.74, 6) is 1.15.